The summed E-state index contributed by atoms with van der Waals surface area (Å²) < 4.78 is 102. The predicted molar refractivity (Wildman–Crippen MR) is 237 cm³/mol. The van der Waals surface area contributed by atoms with Crippen LogP contribution in [0.3, 0.4) is 0 Å². The van der Waals surface area contributed by atoms with Crippen molar-refractivity contribution in [3.05, 3.63) is 77.6 Å². The molecule has 0 amide bonds. The number of fused-ring (bicyclic) bond motifs is 1. The molecule has 0 unspecified atom stereocenters. The predicted octanol–water partition coefficient (Wildman–Crippen LogP) is 8.28. The monoisotopic (exact) mass is 901 g/mol. The number of nitrogens with zero attached hydrogens (tertiary/aromatic N) is 5. The molecule has 5 heterocycles. The Morgan fingerprint density at radius 3 is 2.20 bits per heavy atom. The summed E-state index contributed by atoms with van der Waals surface area (Å²) >= 11 is 0. The fourth-order valence-corrected chi connectivity index (χ4v) is 10.9. The molecule has 3 saturated heterocycles. The first kappa shape index (κ1) is 45.4. The number of carbonyl (C=O) groups is 1. The first-order valence-corrected chi connectivity index (χ1v) is 29.9. The maximum Gasteiger partial charge on any atom is 0.306 e. The Morgan fingerprint density at radius 1 is 0.918 bits per heavy atom. The SMILES string of the molecule is C[Si](C)(C)CCOCN(c1ccc(F)c(C(=O)c2cn(COCC[Si](C)(C)C)c3ncc(-c4ccc(N5CCC6(CC5)OCCO6)cc4)cc23)c1F)S(=O)(=O)N1CC[C@@H](F)C1. The number of ketones is 1. The molecule has 2 aromatic heterocycles. The topological polar surface area (TPSA) is 116 Å². The molecular formula is C43H58F3N5O7SSi2. The highest BCUT2D eigenvalue weighted by Gasteiger charge is 2.41. The number of halogens is 3. The molecule has 1 atom stereocenters. The highest BCUT2D eigenvalue weighted by molar-refractivity contribution is 7.90. The first-order chi connectivity index (χ1) is 28.8. The van der Waals surface area contributed by atoms with E-state index in [-0.39, 0.29) is 31.9 Å². The van der Waals surface area contributed by atoms with Gasteiger partial charge in [-0.3, -0.25) is 4.79 Å². The number of ether oxygens (including phenoxy) is 4. The molecule has 0 radical (unpaired) electrons. The lowest BCUT2D eigenvalue weighted by atomic mass is 9.99. The molecule has 7 rings (SSSR count). The Kier molecular flexibility index (Phi) is 13.6. The molecule has 3 aliphatic rings. The van der Waals surface area contributed by atoms with E-state index in [2.05, 4.69) is 44.2 Å². The van der Waals surface area contributed by atoms with E-state index in [0.29, 0.717) is 46.8 Å². The molecule has 1 spiro atoms. The Labute approximate surface area is 359 Å². The van der Waals surface area contributed by atoms with E-state index in [0.717, 1.165) is 59.7 Å². The molecule has 18 heteroatoms. The maximum absolute atomic E-state index is 16.9. The Balaban J connectivity index is 1.22. The van der Waals surface area contributed by atoms with Crippen molar-refractivity contribution in [2.75, 3.05) is 68.5 Å². The van der Waals surface area contributed by atoms with E-state index in [1.54, 1.807) is 16.8 Å². The van der Waals surface area contributed by atoms with Crippen molar-refractivity contribution in [1.29, 1.82) is 0 Å². The van der Waals surface area contributed by atoms with Crippen molar-refractivity contribution >= 4 is 54.5 Å². The number of alkyl halides is 1. The third-order valence-corrected chi connectivity index (χ3v) is 16.8. The van der Waals surface area contributed by atoms with Crippen molar-refractivity contribution in [3.8, 4) is 11.1 Å². The summed E-state index contributed by atoms with van der Waals surface area (Å²) in [7, 11) is -7.57. The fourth-order valence-electron chi connectivity index (χ4n) is 7.81. The van der Waals surface area contributed by atoms with E-state index in [1.807, 2.05) is 24.3 Å². The zero-order valence-electron chi connectivity index (χ0n) is 36.0. The summed E-state index contributed by atoms with van der Waals surface area (Å²) in [6, 6.07) is 13.2. The zero-order valence-corrected chi connectivity index (χ0v) is 38.8. The highest BCUT2D eigenvalue weighted by Crippen LogP contribution is 2.36. The van der Waals surface area contributed by atoms with Crippen molar-refractivity contribution in [3.63, 3.8) is 0 Å². The number of carbonyl (C=O) groups excluding carboxylic acids is 1. The lowest BCUT2D eigenvalue weighted by Crippen LogP contribution is -2.45. The van der Waals surface area contributed by atoms with Crippen LogP contribution < -0.4 is 9.21 Å². The zero-order chi connectivity index (χ0) is 43.7. The molecule has 0 saturated carbocycles. The van der Waals surface area contributed by atoms with Crippen LogP contribution >= 0.6 is 0 Å². The molecule has 0 aliphatic carbocycles. The van der Waals surface area contributed by atoms with E-state index in [9.17, 15) is 17.6 Å². The molecule has 3 aliphatic heterocycles. The normalized spacial score (nSPS) is 18.8. The average Bonchev–Trinajstić information content (AvgIpc) is 3.95. The molecule has 4 aromatic rings. The quantitative estimate of drug-likeness (QED) is 0.0447. The van der Waals surface area contributed by atoms with Crippen LogP contribution in [0, 0.1) is 11.6 Å². The second kappa shape index (κ2) is 18.2. The third kappa shape index (κ3) is 10.4. The summed E-state index contributed by atoms with van der Waals surface area (Å²) in [5.41, 5.74) is 1.36. The average molecular weight is 902 g/mol. The van der Waals surface area contributed by atoms with Gasteiger partial charge < -0.3 is 28.4 Å². The van der Waals surface area contributed by atoms with E-state index in [1.165, 1.54) is 6.20 Å². The standard InChI is InChI=1S/C43H58F3N5O7SSi2/c1-60(2,3)23-21-55-29-49-28-36(35-25-32(26-47-42(35)49)31-7-9-34(10-8-31)48-17-14-43(15-18-48)57-19-20-58-43)41(52)39-37(45)11-12-38(40(39)46)51(30-56-22-24-61(4,5)6)59(53,54)50-16-13-33(44)27-50/h7-12,25-26,28,33H,13-24,27,29-30H2,1-6H3/t33-/m1/s1. The number of hydrogen-bond acceptors (Lipinski definition) is 9. The van der Waals surface area contributed by atoms with Crippen LogP contribution in [0.2, 0.25) is 51.4 Å². The fraction of sp³-hybridized carbons (Fsp3) is 0.535. The van der Waals surface area contributed by atoms with Gasteiger partial charge in [-0.25, -0.2) is 22.5 Å². The number of anilines is 2. The van der Waals surface area contributed by atoms with Gasteiger partial charge >= 0.3 is 10.2 Å². The van der Waals surface area contributed by atoms with Crippen molar-refractivity contribution in [2.24, 2.45) is 0 Å². The van der Waals surface area contributed by atoms with E-state index >= 15 is 8.78 Å². The lowest BCUT2D eigenvalue weighted by molar-refractivity contribution is -0.169. The van der Waals surface area contributed by atoms with Crippen molar-refractivity contribution < 1.29 is 45.3 Å². The van der Waals surface area contributed by atoms with Gasteiger partial charge in [0, 0.05) is 97.4 Å². The first-order valence-electron chi connectivity index (χ1n) is 21.1. The van der Waals surface area contributed by atoms with Gasteiger partial charge in [-0.15, -0.1) is 0 Å². The minimum atomic E-state index is -4.55. The molecule has 3 fully saturated rings. The van der Waals surface area contributed by atoms with Gasteiger partial charge in [0.1, 0.15) is 31.1 Å². The highest BCUT2D eigenvalue weighted by atomic mass is 32.2. The van der Waals surface area contributed by atoms with Gasteiger partial charge in [0.15, 0.2) is 11.6 Å². The van der Waals surface area contributed by atoms with Gasteiger partial charge in [0.2, 0.25) is 5.78 Å². The van der Waals surface area contributed by atoms with Gasteiger partial charge in [-0.2, -0.15) is 12.7 Å². The molecule has 61 heavy (non-hydrogen) atoms. The molecule has 2 aromatic carbocycles. The smallest absolute Gasteiger partial charge is 0.306 e. The van der Waals surface area contributed by atoms with Crippen LogP contribution in [-0.2, 0) is 35.9 Å². The van der Waals surface area contributed by atoms with Gasteiger partial charge in [-0.05, 0) is 54.4 Å². The van der Waals surface area contributed by atoms with Crippen molar-refractivity contribution in [2.45, 2.75) is 89.3 Å². The summed E-state index contributed by atoms with van der Waals surface area (Å²) in [4.78, 5) is 21.6. The van der Waals surface area contributed by atoms with Crippen LogP contribution in [0.5, 0.6) is 0 Å². The largest absolute Gasteiger partial charge is 0.371 e. The minimum Gasteiger partial charge on any atom is -0.371 e. The number of hydrogen-bond donors (Lipinski definition) is 0. The summed E-state index contributed by atoms with van der Waals surface area (Å²) in [5, 5.41) is 0.340. The summed E-state index contributed by atoms with van der Waals surface area (Å²) in [6.07, 6.45) is 3.30. The Bertz CT molecular complexity index is 2310. The number of aromatic nitrogens is 2. The molecule has 0 N–H and O–H groups in total. The number of piperidine rings is 1. The van der Waals surface area contributed by atoms with Gasteiger partial charge in [-0.1, -0.05) is 51.4 Å². The maximum atomic E-state index is 16.9. The third-order valence-electron chi connectivity index (χ3n) is 11.6. The van der Waals surface area contributed by atoms with E-state index < -0.39 is 80.3 Å². The number of benzene rings is 2. The minimum absolute atomic E-state index is 0.0179. The molecule has 12 nitrogen and oxygen atoms in total. The second-order valence-corrected chi connectivity index (χ2v) is 31.7. The Morgan fingerprint density at radius 2 is 1.57 bits per heavy atom. The van der Waals surface area contributed by atoms with Crippen molar-refractivity contribution in [1.82, 2.24) is 13.9 Å². The summed E-state index contributed by atoms with van der Waals surface area (Å²) in [6.45, 7) is 15.5. The molecular weight excluding hydrogens is 844 g/mol. The van der Waals surface area contributed by atoms with Gasteiger partial charge in [0.25, 0.3) is 0 Å². The van der Waals surface area contributed by atoms with Crippen LogP contribution in [0.1, 0.15) is 35.2 Å². The van der Waals surface area contributed by atoms with Crippen LogP contribution in [0.25, 0.3) is 22.2 Å². The number of pyridine rings is 1. The van der Waals surface area contributed by atoms with Gasteiger partial charge in [0.05, 0.1) is 30.0 Å². The molecule has 332 valence electrons. The van der Waals surface area contributed by atoms with Crippen LogP contribution in [0.4, 0.5) is 24.5 Å². The summed E-state index contributed by atoms with van der Waals surface area (Å²) in [5.74, 6) is -4.03. The molecule has 0 bridgehead atoms. The second-order valence-electron chi connectivity index (χ2n) is 18.6. The van der Waals surface area contributed by atoms with Crippen LogP contribution in [0.15, 0.2) is 54.9 Å². The van der Waals surface area contributed by atoms with E-state index in [4.69, 9.17) is 23.9 Å². The Hall–Kier alpha value is -3.63. The van der Waals surface area contributed by atoms with Crippen LogP contribution in [-0.4, -0.2) is 116 Å². The lowest BCUT2D eigenvalue weighted by Gasteiger charge is -2.38. The number of rotatable bonds is 17.